The second-order valence-electron chi connectivity index (χ2n) is 5.58. The molecule has 0 bridgehead atoms. The molecule has 0 spiro atoms. The minimum atomic E-state index is -0.337. The summed E-state index contributed by atoms with van der Waals surface area (Å²) in [6, 6.07) is 5.94. The molecule has 1 aromatic carbocycles. The fourth-order valence-corrected chi connectivity index (χ4v) is 2.90. The molecule has 24 heavy (non-hydrogen) atoms. The molecule has 1 aliphatic rings. The van der Waals surface area contributed by atoms with Gasteiger partial charge < -0.3 is 9.84 Å². The number of rotatable bonds is 4. The smallest absolute Gasteiger partial charge is 0.293 e. The topological polar surface area (TPSA) is 122 Å². The number of amides is 1. The summed E-state index contributed by atoms with van der Waals surface area (Å²) in [5.74, 6) is 0.917. The maximum absolute atomic E-state index is 12.1. The molecule has 9 heteroatoms. The van der Waals surface area contributed by atoms with Crippen molar-refractivity contribution in [2.24, 2.45) is 0 Å². The van der Waals surface area contributed by atoms with Crippen LogP contribution in [0, 0.1) is 0 Å². The van der Waals surface area contributed by atoms with Crippen LogP contribution in [-0.4, -0.2) is 36.7 Å². The van der Waals surface area contributed by atoms with Gasteiger partial charge in [-0.1, -0.05) is 24.2 Å². The molecule has 4 rings (SSSR count). The van der Waals surface area contributed by atoms with Crippen molar-refractivity contribution in [1.82, 2.24) is 36.1 Å². The third kappa shape index (κ3) is 2.53. The molecule has 9 nitrogen and oxygen atoms in total. The summed E-state index contributed by atoms with van der Waals surface area (Å²) in [5, 5.41) is 20.0. The predicted molar refractivity (Wildman–Crippen MR) is 81.8 cm³/mol. The first-order valence-corrected chi connectivity index (χ1v) is 7.74. The van der Waals surface area contributed by atoms with Gasteiger partial charge in [-0.3, -0.25) is 4.79 Å². The van der Waals surface area contributed by atoms with Gasteiger partial charge >= 0.3 is 0 Å². The van der Waals surface area contributed by atoms with Crippen LogP contribution < -0.4 is 5.32 Å². The Balaban J connectivity index is 1.55. The van der Waals surface area contributed by atoms with Crippen molar-refractivity contribution in [3.8, 4) is 11.4 Å². The van der Waals surface area contributed by atoms with E-state index in [4.69, 9.17) is 4.52 Å². The van der Waals surface area contributed by atoms with E-state index in [2.05, 4.69) is 42.1 Å². The summed E-state index contributed by atoms with van der Waals surface area (Å²) in [4.78, 5) is 16.4. The minimum absolute atomic E-state index is 0.0407. The van der Waals surface area contributed by atoms with E-state index in [1.165, 1.54) is 5.56 Å². The zero-order chi connectivity index (χ0) is 16.5. The first-order chi connectivity index (χ1) is 11.7. The highest BCUT2D eigenvalue weighted by Gasteiger charge is 2.26. The highest BCUT2D eigenvalue weighted by Crippen LogP contribution is 2.33. The second kappa shape index (κ2) is 5.84. The first kappa shape index (κ1) is 14.5. The zero-order valence-electron chi connectivity index (χ0n) is 13.0. The number of carbonyl (C=O) groups is 1. The number of hydrogen-bond donors (Lipinski definition) is 2. The zero-order valence-corrected chi connectivity index (χ0v) is 13.0. The Bertz CT molecular complexity index is 872. The Labute approximate surface area is 136 Å². The van der Waals surface area contributed by atoms with E-state index in [0.29, 0.717) is 18.1 Å². The molecule has 0 saturated heterocycles. The molecule has 0 radical (unpaired) electrons. The van der Waals surface area contributed by atoms with Crippen LogP contribution in [0.15, 0.2) is 22.7 Å². The monoisotopic (exact) mass is 325 g/mol. The highest BCUT2D eigenvalue weighted by molar-refractivity contribution is 5.90. The summed E-state index contributed by atoms with van der Waals surface area (Å²) in [5.41, 5.74) is 3.19. The summed E-state index contributed by atoms with van der Waals surface area (Å²) in [6.07, 6.45) is 2.41. The van der Waals surface area contributed by atoms with Crippen LogP contribution >= 0.6 is 0 Å². The van der Waals surface area contributed by atoms with Crippen LogP contribution in [0.3, 0.4) is 0 Å². The number of H-pyrrole nitrogens is 1. The number of aromatic nitrogens is 6. The molecule has 0 fully saturated rings. The van der Waals surface area contributed by atoms with Crippen LogP contribution in [-0.2, 0) is 12.8 Å². The van der Waals surface area contributed by atoms with Gasteiger partial charge in [0.05, 0.1) is 6.04 Å². The highest BCUT2D eigenvalue weighted by atomic mass is 16.5. The van der Waals surface area contributed by atoms with Gasteiger partial charge in [-0.05, 0) is 35.2 Å². The van der Waals surface area contributed by atoms with E-state index in [9.17, 15) is 4.79 Å². The molecule has 2 N–H and O–H groups in total. The Kier molecular flexibility index (Phi) is 3.52. The van der Waals surface area contributed by atoms with E-state index in [1.807, 2.05) is 19.1 Å². The molecule has 3 aromatic rings. The number of tetrazole rings is 1. The average molecular weight is 325 g/mol. The van der Waals surface area contributed by atoms with Crippen molar-refractivity contribution < 1.29 is 9.32 Å². The lowest BCUT2D eigenvalue weighted by atomic mass is 10.0. The van der Waals surface area contributed by atoms with Crippen LogP contribution in [0.25, 0.3) is 11.4 Å². The number of carbonyl (C=O) groups excluding carboxylic acids is 1. The van der Waals surface area contributed by atoms with Gasteiger partial charge in [0.25, 0.3) is 11.7 Å². The molecule has 1 unspecified atom stereocenters. The number of aryl methyl sites for hydroxylation is 2. The Hall–Kier alpha value is -3.10. The molecule has 1 atom stereocenters. The number of hydrogen-bond acceptors (Lipinski definition) is 7. The number of aromatic amines is 1. The van der Waals surface area contributed by atoms with Crippen molar-refractivity contribution in [3.63, 3.8) is 0 Å². The molecule has 1 amide bonds. The fraction of sp³-hybridized carbons (Fsp3) is 0.333. The van der Waals surface area contributed by atoms with E-state index in [-0.39, 0.29) is 17.8 Å². The van der Waals surface area contributed by atoms with Crippen molar-refractivity contribution in [2.45, 2.75) is 32.2 Å². The van der Waals surface area contributed by atoms with Gasteiger partial charge in [-0.25, -0.2) is 0 Å². The van der Waals surface area contributed by atoms with Crippen LogP contribution in [0.1, 0.15) is 47.0 Å². The summed E-state index contributed by atoms with van der Waals surface area (Å²) >= 11 is 0. The van der Waals surface area contributed by atoms with E-state index < -0.39 is 0 Å². The minimum Gasteiger partial charge on any atom is -0.342 e. The molecule has 0 saturated carbocycles. The first-order valence-electron chi connectivity index (χ1n) is 7.74. The SMILES string of the molecule is CCc1nc(-c2ccc3c(c2)CCC3NC(=O)c2nn[nH]n2)no1. The standard InChI is InChI=1S/C15H15N7O2/c1-2-12-17-13(20-24-12)9-3-5-10-8(7-9)4-6-11(10)16-15(23)14-18-21-22-19-14/h3,5,7,11H,2,4,6H2,1H3,(H,16,23)(H,18,19,21,22). The van der Waals surface area contributed by atoms with Gasteiger partial charge in [0, 0.05) is 12.0 Å². The lowest BCUT2D eigenvalue weighted by Gasteiger charge is -2.12. The van der Waals surface area contributed by atoms with Crippen molar-refractivity contribution in [2.75, 3.05) is 0 Å². The molecule has 122 valence electrons. The Morgan fingerprint density at radius 1 is 1.46 bits per heavy atom. The van der Waals surface area contributed by atoms with Crippen LogP contribution in [0.2, 0.25) is 0 Å². The van der Waals surface area contributed by atoms with E-state index in [1.54, 1.807) is 0 Å². The fourth-order valence-electron chi connectivity index (χ4n) is 2.90. The largest absolute Gasteiger partial charge is 0.342 e. The molecule has 0 aliphatic heterocycles. The molecule has 1 aliphatic carbocycles. The lowest BCUT2D eigenvalue weighted by molar-refractivity contribution is 0.0926. The normalized spacial score (nSPS) is 16.1. The van der Waals surface area contributed by atoms with Gasteiger partial charge in [0.15, 0.2) is 0 Å². The third-order valence-electron chi connectivity index (χ3n) is 4.10. The van der Waals surface area contributed by atoms with Crippen LogP contribution in [0.4, 0.5) is 0 Å². The van der Waals surface area contributed by atoms with Crippen molar-refractivity contribution in [3.05, 3.63) is 41.0 Å². The Morgan fingerprint density at radius 3 is 3.12 bits per heavy atom. The van der Waals surface area contributed by atoms with Gasteiger partial charge in [0.2, 0.25) is 11.7 Å². The Morgan fingerprint density at radius 2 is 2.38 bits per heavy atom. The van der Waals surface area contributed by atoms with Crippen molar-refractivity contribution in [1.29, 1.82) is 0 Å². The third-order valence-corrected chi connectivity index (χ3v) is 4.10. The molecular weight excluding hydrogens is 310 g/mol. The predicted octanol–water partition coefficient (Wildman–Crippen LogP) is 1.23. The van der Waals surface area contributed by atoms with Crippen molar-refractivity contribution >= 4 is 5.91 Å². The summed E-state index contributed by atoms with van der Waals surface area (Å²) in [7, 11) is 0. The number of benzene rings is 1. The maximum atomic E-state index is 12.1. The van der Waals surface area contributed by atoms with Gasteiger partial charge in [0.1, 0.15) is 0 Å². The molecule has 2 aromatic heterocycles. The average Bonchev–Trinajstić information content (AvgIpc) is 3.35. The number of nitrogens with one attached hydrogen (secondary N) is 2. The maximum Gasteiger partial charge on any atom is 0.293 e. The summed E-state index contributed by atoms with van der Waals surface area (Å²) in [6.45, 7) is 1.97. The van der Waals surface area contributed by atoms with Gasteiger partial charge in [-0.15, -0.1) is 10.2 Å². The van der Waals surface area contributed by atoms with E-state index >= 15 is 0 Å². The lowest BCUT2D eigenvalue weighted by Crippen LogP contribution is -2.28. The van der Waals surface area contributed by atoms with E-state index in [0.717, 1.165) is 24.0 Å². The second-order valence-corrected chi connectivity index (χ2v) is 5.58. The molecule has 2 heterocycles. The quantitative estimate of drug-likeness (QED) is 0.739. The summed E-state index contributed by atoms with van der Waals surface area (Å²) < 4.78 is 5.16. The number of fused-ring (bicyclic) bond motifs is 1. The number of nitrogens with zero attached hydrogens (tertiary/aromatic N) is 5. The van der Waals surface area contributed by atoms with Gasteiger partial charge in [-0.2, -0.15) is 10.2 Å². The molecular formula is C15H15N7O2. The van der Waals surface area contributed by atoms with Crippen LogP contribution in [0.5, 0.6) is 0 Å².